The SMILES string of the molecule is CC(C)C[C@@H](C(=O)O)N(C)CC1c2cc(Cl)ccc2OC1C=O. The van der Waals surface area contributed by atoms with Crippen LogP contribution in [0.5, 0.6) is 5.75 Å². The topological polar surface area (TPSA) is 66.8 Å². The molecule has 6 heteroatoms. The van der Waals surface area contributed by atoms with Gasteiger partial charge in [-0.15, -0.1) is 0 Å². The fourth-order valence-corrected chi connectivity index (χ4v) is 3.18. The van der Waals surface area contributed by atoms with Gasteiger partial charge in [-0.05, 0) is 37.6 Å². The minimum absolute atomic E-state index is 0.222. The Balaban J connectivity index is 2.21. The number of halogens is 1. The maximum absolute atomic E-state index is 11.5. The summed E-state index contributed by atoms with van der Waals surface area (Å²) in [5, 5.41) is 10.0. The van der Waals surface area contributed by atoms with Crippen molar-refractivity contribution in [3.63, 3.8) is 0 Å². The van der Waals surface area contributed by atoms with Gasteiger partial charge in [-0.1, -0.05) is 25.4 Å². The standard InChI is InChI=1S/C17H22ClNO4/c1-10(2)6-14(17(21)22)19(3)8-13-12-7-11(18)4-5-15(12)23-16(13)9-20/h4-5,7,9-10,13-14,16H,6,8H2,1-3H3,(H,21,22)/t13?,14-,16?/m0/s1. The first-order valence-electron chi connectivity index (χ1n) is 7.68. The number of hydrogen-bond acceptors (Lipinski definition) is 4. The lowest BCUT2D eigenvalue weighted by molar-refractivity contribution is -0.143. The van der Waals surface area contributed by atoms with Crippen molar-refractivity contribution < 1.29 is 19.4 Å². The summed E-state index contributed by atoms with van der Waals surface area (Å²) in [5.41, 5.74) is 0.857. The highest BCUT2D eigenvalue weighted by atomic mass is 35.5. The van der Waals surface area contributed by atoms with Crippen molar-refractivity contribution >= 4 is 23.9 Å². The number of carboxylic acids is 1. The van der Waals surface area contributed by atoms with E-state index in [1.807, 2.05) is 13.8 Å². The van der Waals surface area contributed by atoms with Crippen LogP contribution >= 0.6 is 11.6 Å². The summed E-state index contributed by atoms with van der Waals surface area (Å²) in [6.07, 6.45) is 0.706. The van der Waals surface area contributed by atoms with Gasteiger partial charge in [0.05, 0.1) is 0 Å². The van der Waals surface area contributed by atoms with E-state index in [0.717, 1.165) is 11.8 Å². The number of fused-ring (bicyclic) bond motifs is 1. The highest BCUT2D eigenvalue weighted by Gasteiger charge is 2.37. The van der Waals surface area contributed by atoms with Gasteiger partial charge in [0.2, 0.25) is 0 Å². The molecule has 0 fully saturated rings. The summed E-state index contributed by atoms with van der Waals surface area (Å²) in [7, 11) is 1.77. The molecule has 5 nitrogen and oxygen atoms in total. The molecule has 3 atom stereocenters. The maximum Gasteiger partial charge on any atom is 0.320 e. The van der Waals surface area contributed by atoms with Crippen molar-refractivity contribution in [2.45, 2.75) is 38.3 Å². The van der Waals surface area contributed by atoms with Crippen molar-refractivity contribution in [3.8, 4) is 5.75 Å². The van der Waals surface area contributed by atoms with Gasteiger partial charge < -0.3 is 9.84 Å². The van der Waals surface area contributed by atoms with Crippen molar-refractivity contribution in [3.05, 3.63) is 28.8 Å². The number of ether oxygens (including phenoxy) is 1. The molecule has 0 aliphatic carbocycles. The Morgan fingerprint density at radius 1 is 1.48 bits per heavy atom. The van der Waals surface area contributed by atoms with Crippen LogP contribution < -0.4 is 4.74 Å². The summed E-state index contributed by atoms with van der Waals surface area (Å²) >= 11 is 6.05. The highest BCUT2D eigenvalue weighted by molar-refractivity contribution is 6.30. The molecular formula is C17H22ClNO4. The predicted molar refractivity (Wildman–Crippen MR) is 88.2 cm³/mol. The second-order valence-corrected chi connectivity index (χ2v) is 6.87. The normalized spacial score (nSPS) is 21.1. The first-order valence-corrected chi connectivity index (χ1v) is 8.05. The number of benzene rings is 1. The lowest BCUT2D eigenvalue weighted by Gasteiger charge is -2.29. The van der Waals surface area contributed by atoms with E-state index < -0.39 is 18.1 Å². The molecule has 1 aromatic carbocycles. The molecule has 0 spiro atoms. The molecule has 2 unspecified atom stereocenters. The van der Waals surface area contributed by atoms with Gasteiger partial charge in [0.1, 0.15) is 11.8 Å². The molecule has 1 aromatic rings. The Bertz CT molecular complexity index is 590. The van der Waals surface area contributed by atoms with E-state index in [1.54, 1.807) is 30.1 Å². The average Bonchev–Trinajstić information content (AvgIpc) is 2.81. The van der Waals surface area contributed by atoms with Crippen molar-refractivity contribution in [2.75, 3.05) is 13.6 Å². The molecule has 126 valence electrons. The number of nitrogens with zero attached hydrogens (tertiary/aromatic N) is 1. The van der Waals surface area contributed by atoms with Gasteiger partial charge >= 0.3 is 5.97 Å². The Kier molecular flexibility index (Phi) is 5.65. The van der Waals surface area contributed by atoms with Gasteiger partial charge in [0.15, 0.2) is 12.4 Å². The maximum atomic E-state index is 11.5. The zero-order chi connectivity index (χ0) is 17.1. The molecule has 0 bridgehead atoms. The van der Waals surface area contributed by atoms with Crippen LogP contribution in [0.15, 0.2) is 18.2 Å². The molecular weight excluding hydrogens is 318 g/mol. The summed E-state index contributed by atoms with van der Waals surface area (Å²) in [4.78, 5) is 24.7. The monoisotopic (exact) mass is 339 g/mol. The first-order chi connectivity index (χ1) is 10.8. The number of likely N-dealkylation sites (N-methyl/N-ethyl adjacent to an activating group) is 1. The first kappa shape index (κ1) is 17.8. The number of aldehydes is 1. The predicted octanol–water partition coefficient (Wildman–Crippen LogP) is 2.81. The Morgan fingerprint density at radius 3 is 2.74 bits per heavy atom. The Hall–Kier alpha value is -1.59. The molecule has 1 N–H and O–H groups in total. The molecule has 0 radical (unpaired) electrons. The number of rotatable bonds is 7. The minimum Gasteiger partial charge on any atom is -0.482 e. The zero-order valence-electron chi connectivity index (χ0n) is 13.5. The quantitative estimate of drug-likeness (QED) is 0.774. The average molecular weight is 340 g/mol. The van der Waals surface area contributed by atoms with E-state index >= 15 is 0 Å². The summed E-state index contributed by atoms with van der Waals surface area (Å²) in [6, 6.07) is 4.66. The number of carboxylic acid groups (broad SMARTS) is 1. The fourth-order valence-electron chi connectivity index (χ4n) is 3.00. The molecule has 1 aliphatic rings. The lowest BCUT2D eigenvalue weighted by atomic mass is 9.94. The molecule has 1 aliphatic heterocycles. The van der Waals surface area contributed by atoms with Crippen molar-refractivity contribution in [1.82, 2.24) is 4.90 Å². The van der Waals surface area contributed by atoms with Crippen LogP contribution in [0, 0.1) is 5.92 Å². The molecule has 1 heterocycles. The van der Waals surface area contributed by atoms with Crippen molar-refractivity contribution in [2.24, 2.45) is 5.92 Å². The van der Waals surface area contributed by atoms with Gasteiger partial charge in [0.25, 0.3) is 0 Å². The molecule has 2 rings (SSSR count). The number of hydrogen-bond donors (Lipinski definition) is 1. The van der Waals surface area contributed by atoms with E-state index in [0.29, 0.717) is 23.7 Å². The second kappa shape index (κ2) is 7.32. The van der Waals surface area contributed by atoms with Crippen LogP contribution in [-0.2, 0) is 9.59 Å². The zero-order valence-corrected chi connectivity index (χ0v) is 14.3. The molecule has 0 amide bonds. The molecule has 23 heavy (non-hydrogen) atoms. The van der Waals surface area contributed by atoms with Crippen molar-refractivity contribution in [1.29, 1.82) is 0 Å². The third kappa shape index (κ3) is 4.03. The third-order valence-corrected chi connectivity index (χ3v) is 4.40. The van der Waals surface area contributed by atoms with Crippen LogP contribution in [0.3, 0.4) is 0 Å². The van der Waals surface area contributed by atoms with Crippen LogP contribution in [-0.4, -0.2) is 48.0 Å². The van der Waals surface area contributed by atoms with Crippen LogP contribution in [0.25, 0.3) is 0 Å². The third-order valence-electron chi connectivity index (χ3n) is 4.16. The van der Waals surface area contributed by atoms with E-state index in [4.69, 9.17) is 16.3 Å². The number of carbonyl (C=O) groups excluding carboxylic acids is 1. The number of carbonyl (C=O) groups is 2. The molecule has 0 aromatic heterocycles. The molecule has 0 saturated heterocycles. The van der Waals surface area contributed by atoms with Gasteiger partial charge in [-0.2, -0.15) is 0 Å². The van der Waals surface area contributed by atoms with Crippen LogP contribution in [0.2, 0.25) is 5.02 Å². The van der Waals surface area contributed by atoms with E-state index in [-0.39, 0.29) is 11.8 Å². The molecule has 0 saturated carbocycles. The van der Waals surface area contributed by atoms with Crippen LogP contribution in [0.4, 0.5) is 0 Å². The summed E-state index contributed by atoms with van der Waals surface area (Å²) in [6.45, 7) is 4.40. The minimum atomic E-state index is -0.853. The lowest BCUT2D eigenvalue weighted by Crippen LogP contribution is -2.43. The highest BCUT2D eigenvalue weighted by Crippen LogP contribution is 2.39. The van der Waals surface area contributed by atoms with Gasteiger partial charge in [0, 0.05) is 23.0 Å². The summed E-state index contributed by atoms with van der Waals surface area (Å²) < 4.78 is 5.65. The number of aliphatic carboxylic acids is 1. The Labute approximate surface area is 141 Å². The fraction of sp³-hybridized carbons (Fsp3) is 0.529. The smallest absolute Gasteiger partial charge is 0.320 e. The van der Waals surface area contributed by atoms with Crippen LogP contribution in [0.1, 0.15) is 31.7 Å². The second-order valence-electron chi connectivity index (χ2n) is 6.43. The Morgan fingerprint density at radius 2 is 2.17 bits per heavy atom. The summed E-state index contributed by atoms with van der Waals surface area (Å²) in [5.74, 6) is -0.170. The van der Waals surface area contributed by atoms with E-state index in [1.165, 1.54) is 0 Å². The largest absolute Gasteiger partial charge is 0.482 e. The van der Waals surface area contributed by atoms with E-state index in [9.17, 15) is 14.7 Å². The van der Waals surface area contributed by atoms with Gasteiger partial charge in [-0.3, -0.25) is 14.5 Å². The van der Waals surface area contributed by atoms with Gasteiger partial charge in [-0.25, -0.2) is 0 Å². The van der Waals surface area contributed by atoms with E-state index in [2.05, 4.69) is 0 Å².